The summed E-state index contributed by atoms with van der Waals surface area (Å²) in [5, 5.41) is 90.1. The lowest BCUT2D eigenvalue weighted by molar-refractivity contribution is -0.141. The minimum atomic E-state index is -1.91. The van der Waals surface area contributed by atoms with E-state index < -0.39 is 174 Å². The van der Waals surface area contributed by atoms with Crippen molar-refractivity contribution in [3.05, 3.63) is 35.9 Å². The van der Waals surface area contributed by atoms with Gasteiger partial charge in [-0.2, -0.15) is 0 Å². The Kier molecular flexibility index (Phi) is 41.0. The van der Waals surface area contributed by atoms with E-state index in [-0.39, 0.29) is 100 Å². The molecule has 107 heavy (non-hydrogen) atoms. The maximum Gasteiger partial charge on any atom is 0.322 e. The molecule has 12 amide bonds. The van der Waals surface area contributed by atoms with Gasteiger partial charge in [-0.1, -0.05) is 62.2 Å². The third kappa shape index (κ3) is 36.5. The summed E-state index contributed by atoms with van der Waals surface area (Å²) >= 11 is 0.814. The molecular formula is C64H102N20O20S3. The molecule has 0 saturated carbocycles. The molecule has 8 atom stereocenters. The minimum absolute atomic E-state index is 0.000656. The van der Waals surface area contributed by atoms with Gasteiger partial charge < -0.3 is 112 Å². The number of carboxylic acids is 3. The fraction of sp³-hybridized carbons (Fsp3) is 0.625. The standard InChI is InChI=1S/C64H102N20O20S3/c1-36(82-103)63(3,4)72-22-25-84(26-23-73-64(5,6)37(2)83-104)24-21-68-48(86)18-17-47(85)67-19-11-10-15-40-56(97)78-43(29-52(91)92)59(100)79-44(32-105-35-50(88)74-40)60(101)76-39(16-12-20-69-62(65)66)54(95)70-30-49(87)75-42(28-51(89)90)58(99)81-46-34-107-106-33-45(55(96)71-31-53(93)94)80-57(98)41(77-61(46)102)27-38-13-8-7-9-14-38/h7-9,13-14,39-46,72-73,103-104H,10-12,15-35H2,1-6H3,(H,67,85)(H,68,86)(H,70,95)(H,71,96)(H,74,88)(H,75,87)(H,76,101)(H,77,102)(H,78,97)(H,79,100)(H,80,98)(H,81,99)(H,89,90)(H,91,92)(H,93,94)(H4,65,66,69)/b82-36-,83-37-/t39-,40+,41-,42-,43-,44-,45-,46-/m0/s1. The molecule has 2 aliphatic rings. The van der Waals surface area contributed by atoms with Crippen molar-refractivity contribution in [1.29, 1.82) is 0 Å². The number of guanidine groups is 1. The second kappa shape index (κ2) is 47.9. The Bertz CT molecular complexity index is 3300. The lowest BCUT2D eigenvalue weighted by Gasteiger charge is -2.30. The summed E-state index contributed by atoms with van der Waals surface area (Å²) in [6, 6.07) is -4.05. The molecular weight excluding hydrogens is 1470 g/mol. The summed E-state index contributed by atoms with van der Waals surface area (Å²) in [5.74, 6) is -16.7. The summed E-state index contributed by atoms with van der Waals surface area (Å²) in [4.78, 5) is 204. The monoisotopic (exact) mass is 1570 g/mol. The van der Waals surface area contributed by atoms with E-state index in [1.54, 1.807) is 44.2 Å². The Balaban J connectivity index is 1.65. The van der Waals surface area contributed by atoms with E-state index >= 15 is 0 Å². The molecule has 0 unspecified atom stereocenters. The van der Waals surface area contributed by atoms with E-state index in [0.29, 0.717) is 49.7 Å². The van der Waals surface area contributed by atoms with Gasteiger partial charge in [0.2, 0.25) is 70.9 Å². The molecule has 2 fully saturated rings. The molecule has 0 radical (unpaired) electrons. The van der Waals surface area contributed by atoms with E-state index in [1.165, 1.54) is 0 Å². The fourth-order valence-electron chi connectivity index (χ4n) is 9.96. The predicted molar refractivity (Wildman–Crippen MR) is 395 cm³/mol. The topological polar surface area (TPSA) is 618 Å². The number of benzene rings is 1. The molecule has 0 aromatic heterocycles. The number of aliphatic imine (C=N–C) groups is 1. The van der Waals surface area contributed by atoms with Crippen molar-refractivity contribution < 1.29 is 97.7 Å². The number of hydrogen-bond donors (Lipinski definition) is 21. The van der Waals surface area contributed by atoms with Crippen molar-refractivity contribution >= 4 is 140 Å². The Hall–Kier alpha value is -9.59. The first-order chi connectivity index (χ1) is 50.5. The van der Waals surface area contributed by atoms with E-state index in [9.17, 15) is 92.5 Å². The SMILES string of the molecule is C/C(=N/O)C(C)(C)NCCN(CCNC(=O)CCC(=O)NCCCC[C@H]1NC(=O)CSC[C@@H](C(=O)N[C@@H](CCCN=C(N)N)C(=O)NCC(=O)N[C@@H](CC(=O)O)C(=O)N[C@H]2CSSC[C@@H](C(=O)NCC(=O)O)NC(=O)[C@H](Cc3ccccc3)NC2=O)NC(=O)[C@H](CC(=O)O)NC1=O)CCNC(C)(C)/C(C)=N\O. The zero-order valence-electron chi connectivity index (χ0n) is 60.5. The van der Waals surface area contributed by atoms with Gasteiger partial charge in [0.15, 0.2) is 5.96 Å². The van der Waals surface area contributed by atoms with Gasteiger partial charge in [0.1, 0.15) is 54.9 Å². The highest BCUT2D eigenvalue weighted by Gasteiger charge is 2.37. The molecule has 596 valence electrons. The summed E-state index contributed by atoms with van der Waals surface area (Å²) in [6.45, 7) is 12.1. The Morgan fingerprint density at radius 3 is 1.75 bits per heavy atom. The lowest BCUT2D eigenvalue weighted by atomic mass is 9.99. The predicted octanol–water partition coefficient (Wildman–Crippen LogP) is -5.51. The first-order valence-electron chi connectivity index (χ1n) is 34.2. The molecule has 1 aromatic carbocycles. The number of nitrogens with two attached hydrogens (primary N) is 2. The highest BCUT2D eigenvalue weighted by Crippen LogP contribution is 2.24. The summed E-state index contributed by atoms with van der Waals surface area (Å²) < 4.78 is 0. The number of carboxylic acid groups (broad SMARTS) is 3. The van der Waals surface area contributed by atoms with E-state index in [0.717, 1.165) is 33.3 Å². The number of aliphatic carboxylic acids is 3. The van der Waals surface area contributed by atoms with Crippen LogP contribution in [0.1, 0.15) is 105 Å². The molecule has 3 rings (SSSR count). The number of carbonyl (C=O) groups excluding carboxylic acids is 12. The van der Waals surface area contributed by atoms with Crippen molar-refractivity contribution in [2.75, 3.05) is 88.5 Å². The van der Waals surface area contributed by atoms with E-state index in [4.69, 9.17) is 16.6 Å². The number of nitrogens with one attached hydrogen (secondary N) is 14. The Morgan fingerprint density at radius 1 is 0.589 bits per heavy atom. The van der Waals surface area contributed by atoms with E-state index in [1.807, 2.05) is 27.7 Å². The zero-order chi connectivity index (χ0) is 79.8. The van der Waals surface area contributed by atoms with Crippen LogP contribution in [-0.2, 0) is 78.3 Å². The highest BCUT2D eigenvalue weighted by atomic mass is 33.1. The van der Waals surface area contributed by atoms with Gasteiger partial charge in [0.05, 0.1) is 47.6 Å². The fourth-order valence-corrected chi connectivity index (χ4v) is 13.1. The van der Waals surface area contributed by atoms with Crippen LogP contribution in [0.5, 0.6) is 0 Å². The third-order valence-electron chi connectivity index (χ3n) is 16.7. The van der Waals surface area contributed by atoms with Crippen LogP contribution in [0.25, 0.3) is 0 Å². The van der Waals surface area contributed by atoms with Gasteiger partial charge in [0.25, 0.3) is 0 Å². The van der Waals surface area contributed by atoms with Crippen molar-refractivity contribution in [2.45, 2.75) is 165 Å². The van der Waals surface area contributed by atoms with Crippen molar-refractivity contribution in [2.24, 2.45) is 26.8 Å². The van der Waals surface area contributed by atoms with Gasteiger partial charge in [0, 0.05) is 88.9 Å². The Morgan fingerprint density at radius 2 is 1.16 bits per heavy atom. The first kappa shape index (κ1) is 91.6. The number of rotatable bonds is 42. The van der Waals surface area contributed by atoms with Crippen molar-refractivity contribution in [3.63, 3.8) is 0 Å². The number of carbonyl (C=O) groups is 15. The Labute approximate surface area is 629 Å². The first-order valence-corrected chi connectivity index (χ1v) is 37.9. The van der Waals surface area contributed by atoms with Gasteiger partial charge in [-0.15, -0.1) is 11.8 Å². The summed E-state index contributed by atoms with van der Waals surface area (Å²) in [6.07, 6.45) is -2.25. The third-order valence-corrected chi connectivity index (χ3v) is 20.1. The maximum atomic E-state index is 14.1. The van der Waals surface area contributed by atoms with Gasteiger partial charge in [-0.3, -0.25) is 81.8 Å². The van der Waals surface area contributed by atoms with Gasteiger partial charge >= 0.3 is 17.9 Å². The van der Waals surface area contributed by atoms with E-state index in [2.05, 4.69) is 94.6 Å². The van der Waals surface area contributed by atoms with Gasteiger partial charge in [-0.05, 0) is 79.2 Å². The largest absolute Gasteiger partial charge is 0.481 e. The van der Waals surface area contributed by atoms with Gasteiger partial charge in [-0.25, -0.2) is 0 Å². The van der Waals surface area contributed by atoms with Crippen LogP contribution in [0.2, 0.25) is 0 Å². The molecule has 43 heteroatoms. The second-order valence-corrected chi connectivity index (χ2v) is 29.4. The average molecular weight is 1570 g/mol. The summed E-state index contributed by atoms with van der Waals surface area (Å²) in [5.41, 5.74) is 11.3. The van der Waals surface area contributed by atoms with Crippen LogP contribution >= 0.6 is 33.3 Å². The molecule has 1 aromatic rings. The number of hydrogen-bond acceptors (Lipinski definition) is 26. The smallest absolute Gasteiger partial charge is 0.322 e. The van der Waals surface area contributed by atoms with Crippen LogP contribution in [0.4, 0.5) is 0 Å². The molecule has 2 aliphatic heterocycles. The lowest BCUT2D eigenvalue weighted by Crippen LogP contribution is -2.60. The molecule has 0 bridgehead atoms. The molecule has 40 nitrogen and oxygen atoms in total. The molecule has 2 saturated heterocycles. The number of oxime groups is 2. The van der Waals surface area contributed by atoms with Crippen LogP contribution < -0.4 is 85.9 Å². The van der Waals surface area contributed by atoms with Crippen LogP contribution in [-0.4, -0.2) is 285 Å². The molecule has 0 aliphatic carbocycles. The number of thioether (sulfide) groups is 1. The van der Waals surface area contributed by atoms with Crippen molar-refractivity contribution in [1.82, 2.24) is 79.3 Å². The number of amides is 12. The van der Waals surface area contributed by atoms with Crippen LogP contribution in [0, 0.1) is 0 Å². The minimum Gasteiger partial charge on any atom is -0.481 e. The average Bonchev–Trinajstić information content (AvgIpc) is 1.76. The molecule has 23 N–H and O–H groups in total. The second-order valence-electron chi connectivity index (χ2n) is 25.9. The normalized spacial score (nSPS) is 19.2. The molecule has 0 spiro atoms. The maximum absolute atomic E-state index is 14.1. The number of unbranched alkanes of at least 4 members (excludes halogenated alkanes) is 1. The summed E-state index contributed by atoms with van der Waals surface area (Å²) in [7, 11) is 1.93. The van der Waals surface area contributed by atoms with Crippen molar-refractivity contribution in [3.8, 4) is 0 Å². The number of nitrogens with zero attached hydrogens (tertiary/aromatic N) is 4. The zero-order valence-corrected chi connectivity index (χ0v) is 63.0. The molecule has 2 heterocycles. The van der Waals surface area contributed by atoms with Crippen LogP contribution in [0.3, 0.4) is 0 Å². The quantitative estimate of drug-likeness (QED) is 0.00725. The highest BCUT2D eigenvalue weighted by molar-refractivity contribution is 8.76. The van der Waals surface area contributed by atoms with Crippen LogP contribution in [0.15, 0.2) is 45.6 Å².